The van der Waals surface area contributed by atoms with Crippen molar-refractivity contribution in [2.45, 2.75) is 50.7 Å². The zero-order chi connectivity index (χ0) is 24.2. The maximum absolute atomic E-state index is 12.8. The molecule has 186 valence electrons. The van der Waals surface area contributed by atoms with Gasteiger partial charge in [-0.1, -0.05) is 0 Å². The van der Waals surface area contributed by atoms with Gasteiger partial charge >= 0.3 is 6.01 Å². The highest BCUT2D eigenvalue weighted by Crippen LogP contribution is 2.32. The topological polar surface area (TPSA) is 138 Å². The van der Waals surface area contributed by atoms with Gasteiger partial charge in [-0.25, -0.2) is 4.98 Å². The number of ether oxygens (including phenoxy) is 2. The second-order valence-electron chi connectivity index (χ2n) is 9.17. The number of H-pyrrole nitrogens is 1. The fourth-order valence-corrected chi connectivity index (χ4v) is 4.61. The number of nitrogens with one attached hydrogen (secondary N) is 2. The Morgan fingerprint density at radius 1 is 1.34 bits per heavy atom. The molecule has 0 saturated carbocycles. The summed E-state index contributed by atoms with van der Waals surface area (Å²) in [4.78, 5) is 28.2. The van der Waals surface area contributed by atoms with E-state index in [9.17, 15) is 9.90 Å². The first-order valence-corrected chi connectivity index (χ1v) is 12.2. The van der Waals surface area contributed by atoms with Gasteiger partial charge in [-0.2, -0.15) is 15.1 Å². The van der Waals surface area contributed by atoms with Crippen LogP contribution in [-0.2, 0) is 4.74 Å². The van der Waals surface area contributed by atoms with Crippen molar-refractivity contribution < 1.29 is 19.4 Å². The first-order valence-electron chi connectivity index (χ1n) is 12.2. The van der Waals surface area contributed by atoms with E-state index in [1.807, 2.05) is 12.1 Å². The van der Waals surface area contributed by atoms with E-state index in [2.05, 4.69) is 35.4 Å². The van der Waals surface area contributed by atoms with Crippen LogP contribution in [0, 0.1) is 0 Å². The minimum Gasteiger partial charge on any atom is -0.461 e. The number of aliphatic hydroxyl groups is 1. The van der Waals surface area contributed by atoms with Crippen LogP contribution >= 0.6 is 0 Å². The maximum atomic E-state index is 12.8. The van der Waals surface area contributed by atoms with Crippen molar-refractivity contribution in [3.8, 4) is 6.01 Å². The van der Waals surface area contributed by atoms with Crippen LogP contribution < -0.4 is 15.0 Å². The number of fused-ring (bicyclic) bond motifs is 1. The van der Waals surface area contributed by atoms with Gasteiger partial charge in [-0.05, 0) is 44.7 Å². The Bertz CT molecular complexity index is 1160. The maximum Gasteiger partial charge on any atom is 0.319 e. The SMILES string of the molecule is C[C@H](CO)NC(=O)c1cc(N2CCC(c3n[nH]c4ncccc34)CC2)nc(OC[C@H]2CCCO2)n1. The second kappa shape index (κ2) is 10.5. The zero-order valence-corrected chi connectivity index (χ0v) is 19.8. The second-order valence-corrected chi connectivity index (χ2v) is 9.17. The number of aromatic amines is 1. The van der Waals surface area contributed by atoms with E-state index in [-0.39, 0.29) is 36.4 Å². The molecule has 2 fully saturated rings. The van der Waals surface area contributed by atoms with Crippen LogP contribution in [0.1, 0.15) is 54.7 Å². The zero-order valence-electron chi connectivity index (χ0n) is 19.8. The monoisotopic (exact) mass is 481 g/mol. The molecule has 0 aliphatic carbocycles. The molecule has 2 saturated heterocycles. The summed E-state index contributed by atoms with van der Waals surface area (Å²) in [6, 6.07) is 5.44. The molecule has 3 N–H and O–H groups in total. The van der Waals surface area contributed by atoms with Gasteiger partial charge in [0.15, 0.2) is 5.65 Å². The molecule has 2 aliphatic rings. The molecule has 2 aliphatic heterocycles. The quantitative estimate of drug-likeness (QED) is 0.439. The lowest BCUT2D eigenvalue weighted by atomic mass is 9.92. The lowest BCUT2D eigenvalue weighted by molar-refractivity contribution is 0.0643. The molecule has 11 nitrogen and oxygen atoms in total. The van der Waals surface area contributed by atoms with Gasteiger partial charge in [-0.15, -0.1) is 0 Å². The molecule has 35 heavy (non-hydrogen) atoms. The summed E-state index contributed by atoms with van der Waals surface area (Å²) >= 11 is 0. The van der Waals surface area contributed by atoms with E-state index in [4.69, 9.17) is 9.47 Å². The van der Waals surface area contributed by atoms with E-state index in [1.54, 1.807) is 19.2 Å². The average Bonchev–Trinajstić information content (AvgIpc) is 3.57. The number of carbonyl (C=O) groups is 1. The first-order chi connectivity index (χ1) is 17.1. The van der Waals surface area contributed by atoms with Crippen molar-refractivity contribution in [1.29, 1.82) is 0 Å². The summed E-state index contributed by atoms with van der Waals surface area (Å²) in [5.41, 5.74) is 2.07. The summed E-state index contributed by atoms with van der Waals surface area (Å²) < 4.78 is 11.5. The molecule has 1 amide bonds. The highest BCUT2D eigenvalue weighted by atomic mass is 16.5. The van der Waals surface area contributed by atoms with Crippen molar-refractivity contribution in [3.05, 3.63) is 35.8 Å². The predicted octanol–water partition coefficient (Wildman–Crippen LogP) is 1.80. The molecule has 5 rings (SSSR count). The van der Waals surface area contributed by atoms with Gasteiger partial charge in [0.2, 0.25) is 0 Å². The number of anilines is 1. The lowest BCUT2D eigenvalue weighted by Gasteiger charge is -2.32. The first kappa shape index (κ1) is 23.4. The van der Waals surface area contributed by atoms with Crippen LogP contribution in [0.5, 0.6) is 6.01 Å². The fraction of sp³-hybridized carbons (Fsp3) is 0.542. The van der Waals surface area contributed by atoms with E-state index >= 15 is 0 Å². The number of rotatable bonds is 8. The van der Waals surface area contributed by atoms with Crippen LogP contribution in [-0.4, -0.2) is 81.2 Å². The minimum absolute atomic E-state index is 0.0165. The normalized spacial score (nSPS) is 19.7. The molecule has 0 spiro atoms. The van der Waals surface area contributed by atoms with Crippen LogP contribution in [0.15, 0.2) is 24.4 Å². The lowest BCUT2D eigenvalue weighted by Crippen LogP contribution is -2.37. The highest BCUT2D eigenvalue weighted by molar-refractivity contribution is 5.93. The molecule has 0 aromatic carbocycles. The third-order valence-electron chi connectivity index (χ3n) is 6.57. The van der Waals surface area contributed by atoms with Gasteiger partial charge in [-0.3, -0.25) is 9.89 Å². The fourth-order valence-electron chi connectivity index (χ4n) is 4.61. The van der Waals surface area contributed by atoms with Crippen molar-refractivity contribution in [3.63, 3.8) is 0 Å². The van der Waals surface area contributed by atoms with E-state index in [0.29, 0.717) is 18.3 Å². The summed E-state index contributed by atoms with van der Waals surface area (Å²) in [5, 5.41) is 20.7. The Kier molecular flexibility index (Phi) is 7.05. The van der Waals surface area contributed by atoms with Gasteiger partial charge in [0, 0.05) is 49.3 Å². The molecule has 2 atom stereocenters. The molecular formula is C24H31N7O4. The Balaban J connectivity index is 1.32. The highest BCUT2D eigenvalue weighted by Gasteiger charge is 2.27. The van der Waals surface area contributed by atoms with Gasteiger partial charge in [0.1, 0.15) is 18.1 Å². The summed E-state index contributed by atoms with van der Waals surface area (Å²) in [5.74, 6) is 0.591. The number of hydrogen-bond acceptors (Lipinski definition) is 9. The number of aliphatic hydroxyl groups excluding tert-OH is 1. The van der Waals surface area contributed by atoms with Crippen molar-refractivity contribution >= 4 is 22.8 Å². The van der Waals surface area contributed by atoms with Crippen LogP contribution in [0.3, 0.4) is 0 Å². The van der Waals surface area contributed by atoms with Crippen molar-refractivity contribution in [2.24, 2.45) is 0 Å². The third-order valence-corrected chi connectivity index (χ3v) is 6.57. The number of aromatic nitrogens is 5. The molecule has 0 unspecified atom stereocenters. The molecular weight excluding hydrogens is 450 g/mol. The number of amides is 1. The largest absolute Gasteiger partial charge is 0.461 e. The molecule has 3 aromatic rings. The molecule has 0 bridgehead atoms. The van der Waals surface area contributed by atoms with Crippen LogP contribution in [0.2, 0.25) is 0 Å². The van der Waals surface area contributed by atoms with E-state index < -0.39 is 0 Å². The van der Waals surface area contributed by atoms with Gasteiger partial charge in [0.25, 0.3) is 5.91 Å². The van der Waals surface area contributed by atoms with Gasteiger partial charge in [0.05, 0.1) is 18.4 Å². The smallest absolute Gasteiger partial charge is 0.319 e. The summed E-state index contributed by atoms with van der Waals surface area (Å²) in [6.45, 7) is 4.17. The number of nitrogens with zero attached hydrogens (tertiary/aromatic N) is 5. The third kappa shape index (κ3) is 5.35. The summed E-state index contributed by atoms with van der Waals surface area (Å²) in [6.07, 6.45) is 5.52. The van der Waals surface area contributed by atoms with Crippen molar-refractivity contribution in [1.82, 2.24) is 30.5 Å². The molecule has 0 radical (unpaired) electrons. The Labute approximate surface area is 203 Å². The van der Waals surface area contributed by atoms with E-state index in [1.165, 1.54) is 0 Å². The van der Waals surface area contributed by atoms with Crippen LogP contribution in [0.25, 0.3) is 11.0 Å². The number of hydrogen-bond donors (Lipinski definition) is 3. The van der Waals surface area contributed by atoms with Crippen molar-refractivity contribution in [2.75, 3.05) is 37.8 Å². The van der Waals surface area contributed by atoms with Gasteiger partial charge < -0.3 is 24.8 Å². The Morgan fingerprint density at radius 2 is 2.20 bits per heavy atom. The predicted molar refractivity (Wildman–Crippen MR) is 129 cm³/mol. The average molecular weight is 482 g/mol. The van der Waals surface area contributed by atoms with Crippen LogP contribution in [0.4, 0.5) is 5.82 Å². The Hall–Kier alpha value is -3.31. The standard InChI is InChI=1S/C24H31N7O4/c1-15(13-32)26-23(33)19-12-20(28-24(27-19)35-14-17-4-3-11-34-17)31-9-6-16(7-10-31)21-18-5-2-8-25-22(18)30-29-21/h2,5,8,12,15-17,32H,3-4,6-7,9-11,13-14H2,1H3,(H,26,33)(H,25,29,30)/t15-,17-/m1/s1. The molecule has 3 aromatic heterocycles. The molecule has 11 heteroatoms. The molecule has 5 heterocycles. The van der Waals surface area contributed by atoms with E-state index in [0.717, 1.165) is 62.1 Å². The number of pyridine rings is 1. The minimum atomic E-state index is -0.383. The Morgan fingerprint density at radius 3 is 2.97 bits per heavy atom. The summed E-state index contributed by atoms with van der Waals surface area (Å²) in [7, 11) is 0. The number of piperidine rings is 1. The number of carbonyl (C=O) groups excluding carboxylic acids is 1.